The largest absolute Gasteiger partial charge is 0.364 e. The van der Waals surface area contributed by atoms with Crippen LogP contribution in [0.4, 0.5) is 0 Å². The number of nitrogens with zero attached hydrogens (tertiary/aromatic N) is 2. The third-order valence-electron chi connectivity index (χ3n) is 5.16. The Kier molecular flexibility index (Phi) is 5.11. The van der Waals surface area contributed by atoms with Gasteiger partial charge in [-0.05, 0) is 51.7 Å². The van der Waals surface area contributed by atoms with Crippen LogP contribution in [0, 0.1) is 0 Å². The zero-order valence-corrected chi connectivity index (χ0v) is 12.8. The average molecular weight is 296 g/mol. The lowest BCUT2D eigenvalue weighted by Gasteiger charge is -2.32. The second-order valence-electron chi connectivity index (χ2n) is 6.63. The molecule has 0 aromatic carbocycles. The quantitative estimate of drug-likeness (QED) is 0.437. The van der Waals surface area contributed by atoms with Crippen molar-refractivity contribution in [3.63, 3.8) is 0 Å². The maximum absolute atomic E-state index is 11.5. The molecule has 0 aromatic rings. The molecule has 3 atom stereocenters. The maximum Gasteiger partial charge on any atom is 0.263 e. The van der Waals surface area contributed by atoms with Gasteiger partial charge in [-0.2, -0.15) is 0 Å². The van der Waals surface area contributed by atoms with Crippen LogP contribution >= 0.6 is 0 Å². The van der Waals surface area contributed by atoms with Gasteiger partial charge in [0.05, 0.1) is 6.10 Å². The Hall–Kier alpha value is -0.690. The van der Waals surface area contributed by atoms with Gasteiger partial charge in [-0.3, -0.25) is 20.0 Å². The van der Waals surface area contributed by atoms with Crippen molar-refractivity contribution >= 4 is 5.91 Å². The molecule has 6 nitrogen and oxygen atoms in total. The summed E-state index contributed by atoms with van der Waals surface area (Å²) in [7, 11) is 0. The van der Waals surface area contributed by atoms with E-state index in [2.05, 4.69) is 15.2 Å². The zero-order valence-electron chi connectivity index (χ0n) is 12.8. The number of hydrogen-bond acceptors (Lipinski definition) is 5. The van der Waals surface area contributed by atoms with Crippen LogP contribution in [0.3, 0.4) is 0 Å². The Labute approximate surface area is 126 Å². The summed E-state index contributed by atoms with van der Waals surface area (Å²) in [5.41, 5.74) is 2.19. The number of carbonyl (C=O) groups is 1. The highest BCUT2D eigenvalue weighted by Crippen LogP contribution is 2.24. The Morgan fingerprint density at radius 2 is 1.95 bits per heavy atom. The van der Waals surface area contributed by atoms with Crippen molar-refractivity contribution < 1.29 is 9.53 Å². The molecule has 0 spiro atoms. The van der Waals surface area contributed by atoms with Gasteiger partial charge >= 0.3 is 0 Å². The van der Waals surface area contributed by atoms with Gasteiger partial charge in [-0.25, -0.2) is 5.84 Å². The smallest absolute Gasteiger partial charge is 0.263 e. The van der Waals surface area contributed by atoms with Gasteiger partial charge in [0.1, 0.15) is 6.10 Å². The molecular formula is C15H28N4O2. The van der Waals surface area contributed by atoms with Gasteiger partial charge in [0.25, 0.3) is 5.91 Å². The molecule has 120 valence electrons. The van der Waals surface area contributed by atoms with Crippen molar-refractivity contribution in [1.29, 1.82) is 0 Å². The summed E-state index contributed by atoms with van der Waals surface area (Å²) >= 11 is 0. The fraction of sp³-hybridized carbons (Fsp3) is 0.933. The van der Waals surface area contributed by atoms with Crippen LogP contribution in [0.2, 0.25) is 0 Å². The summed E-state index contributed by atoms with van der Waals surface area (Å²) in [4.78, 5) is 16.7. The molecule has 3 saturated heterocycles. The van der Waals surface area contributed by atoms with E-state index >= 15 is 0 Å². The minimum atomic E-state index is -0.347. The zero-order chi connectivity index (χ0) is 14.7. The van der Waals surface area contributed by atoms with Crippen LogP contribution in [0.1, 0.15) is 38.5 Å². The second-order valence-corrected chi connectivity index (χ2v) is 6.63. The molecule has 3 rings (SSSR count). The monoisotopic (exact) mass is 296 g/mol. The van der Waals surface area contributed by atoms with E-state index in [0.717, 1.165) is 38.5 Å². The molecule has 0 aliphatic carbocycles. The van der Waals surface area contributed by atoms with E-state index in [-0.39, 0.29) is 18.1 Å². The van der Waals surface area contributed by atoms with Crippen molar-refractivity contribution in [2.24, 2.45) is 5.84 Å². The summed E-state index contributed by atoms with van der Waals surface area (Å²) in [5.74, 6) is 4.98. The highest BCUT2D eigenvalue weighted by Gasteiger charge is 2.34. The molecule has 6 heteroatoms. The SMILES string of the molecule is NNC(=O)C1CCC(CN2CCC(N3CCCCC3)C2)O1. The van der Waals surface area contributed by atoms with Crippen molar-refractivity contribution in [3.05, 3.63) is 0 Å². The number of rotatable bonds is 4. The van der Waals surface area contributed by atoms with Gasteiger partial charge in [0.15, 0.2) is 0 Å². The van der Waals surface area contributed by atoms with Gasteiger partial charge < -0.3 is 4.74 Å². The number of piperidine rings is 1. The number of carbonyl (C=O) groups excluding carboxylic acids is 1. The Morgan fingerprint density at radius 3 is 2.71 bits per heavy atom. The molecule has 0 saturated carbocycles. The molecular weight excluding hydrogens is 268 g/mol. The number of hydrogen-bond donors (Lipinski definition) is 2. The van der Waals surface area contributed by atoms with E-state index < -0.39 is 0 Å². The number of hydrazine groups is 1. The van der Waals surface area contributed by atoms with E-state index in [1.165, 1.54) is 38.8 Å². The summed E-state index contributed by atoms with van der Waals surface area (Å²) in [6.45, 7) is 5.83. The van der Waals surface area contributed by atoms with Crippen molar-refractivity contribution in [1.82, 2.24) is 15.2 Å². The first-order chi connectivity index (χ1) is 10.3. The normalized spacial score (nSPS) is 35.2. The van der Waals surface area contributed by atoms with Crippen LogP contribution in [0.5, 0.6) is 0 Å². The third-order valence-corrected chi connectivity index (χ3v) is 5.16. The summed E-state index contributed by atoms with van der Waals surface area (Å²) in [6, 6.07) is 0.731. The Morgan fingerprint density at radius 1 is 1.14 bits per heavy atom. The number of nitrogens with one attached hydrogen (secondary N) is 1. The summed E-state index contributed by atoms with van der Waals surface area (Å²) in [5, 5.41) is 0. The highest BCUT2D eigenvalue weighted by atomic mass is 16.5. The lowest BCUT2D eigenvalue weighted by molar-refractivity contribution is -0.132. The van der Waals surface area contributed by atoms with E-state index in [1.54, 1.807) is 0 Å². The first kappa shape index (κ1) is 15.2. The Balaban J connectivity index is 1.42. The molecule has 0 bridgehead atoms. The average Bonchev–Trinajstić information content (AvgIpc) is 3.17. The predicted molar refractivity (Wildman–Crippen MR) is 80.5 cm³/mol. The van der Waals surface area contributed by atoms with E-state index in [9.17, 15) is 4.79 Å². The molecule has 3 fully saturated rings. The van der Waals surface area contributed by atoms with E-state index in [1.807, 2.05) is 0 Å². The standard InChI is InChI=1S/C15H28N4O2/c16-17-15(20)14-5-4-13(21-14)11-18-9-6-12(10-18)19-7-2-1-3-8-19/h12-14H,1-11,16H2,(H,17,20). The number of amides is 1. The van der Waals surface area contributed by atoms with Crippen LogP contribution in [-0.2, 0) is 9.53 Å². The van der Waals surface area contributed by atoms with Gasteiger partial charge in [-0.1, -0.05) is 6.42 Å². The van der Waals surface area contributed by atoms with Crippen LogP contribution < -0.4 is 11.3 Å². The molecule has 3 aliphatic rings. The molecule has 1 amide bonds. The van der Waals surface area contributed by atoms with Gasteiger partial charge in [0.2, 0.25) is 0 Å². The number of ether oxygens (including phenoxy) is 1. The van der Waals surface area contributed by atoms with Crippen LogP contribution in [0.15, 0.2) is 0 Å². The van der Waals surface area contributed by atoms with Gasteiger partial charge in [0, 0.05) is 19.1 Å². The fourth-order valence-corrected chi connectivity index (χ4v) is 3.97. The summed E-state index contributed by atoms with van der Waals surface area (Å²) in [6.07, 6.45) is 6.98. The molecule has 21 heavy (non-hydrogen) atoms. The second kappa shape index (κ2) is 7.05. The minimum absolute atomic E-state index is 0.187. The molecule has 0 radical (unpaired) electrons. The molecule has 3 aliphatic heterocycles. The number of nitrogens with two attached hydrogens (primary N) is 1. The first-order valence-corrected chi connectivity index (χ1v) is 8.38. The first-order valence-electron chi connectivity index (χ1n) is 8.38. The minimum Gasteiger partial charge on any atom is -0.364 e. The topological polar surface area (TPSA) is 70.8 Å². The molecule has 3 heterocycles. The van der Waals surface area contributed by atoms with Crippen LogP contribution in [0.25, 0.3) is 0 Å². The molecule has 3 unspecified atom stereocenters. The fourth-order valence-electron chi connectivity index (χ4n) is 3.97. The van der Waals surface area contributed by atoms with Crippen molar-refractivity contribution in [3.8, 4) is 0 Å². The maximum atomic E-state index is 11.5. The Bertz CT molecular complexity index is 360. The van der Waals surface area contributed by atoms with E-state index in [4.69, 9.17) is 10.6 Å². The lowest BCUT2D eigenvalue weighted by Crippen LogP contribution is -2.42. The predicted octanol–water partition coefficient (Wildman–Crippen LogP) is 0.0841. The molecule has 0 aromatic heterocycles. The third kappa shape index (κ3) is 3.74. The van der Waals surface area contributed by atoms with Gasteiger partial charge in [-0.15, -0.1) is 0 Å². The highest BCUT2D eigenvalue weighted by molar-refractivity contribution is 5.80. The van der Waals surface area contributed by atoms with Crippen molar-refractivity contribution in [2.75, 3.05) is 32.7 Å². The van der Waals surface area contributed by atoms with Crippen molar-refractivity contribution in [2.45, 2.75) is 56.8 Å². The molecule has 3 N–H and O–H groups in total. The van der Waals surface area contributed by atoms with E-state index in [0.29, 0.717) is 0 Å². The summed E-state index contributed by atoms with van der Waals surface area (Å²) < 4.78 is 5.81. The number of likely N-dealkylation sites (tertiary alicyclic amines) is 2. The van der Waals surface area contributed by atoms with Crippen LogP contribution in [-0.4, -0.2) is 66.7 Å². The lowest BCUT2D eigenvalue weighted by atomic mass is 10.1.